The van der Waals surface area contributed by atoms with Crippen molar-refractivity contribution in [2.45, 2.75) is 6.42 Å². The topological polar surface area (TPSA) is 87.2 Å². The van der Waals surface area contributed by atoms with Crippen molar-refractivity contribution < 1.29 is 9.59 Å². The highest BCUT2D eigenvalue weighted by atomic mass is 16.2. The fourth-order valence-corrected chi connectivity index (χ4v) is 1.02. The van der Waals surface area contributed by atoms with Crippen molar-refractivity contribution >= 4 is 11.8 Å². The summed E-state index contributed by atoms with van der Waals surface area (Å²) in [5, 5.41) is 8.39. The van der Waals surface area contributed by atoms with Gasteiger partial charge in [-0.3, -0.25) is 9.59 Å². The van der Waals surface area contributed by atoms with Crippen LogP contribution in [0, 0.1) is 17.2 Å². The molecule has 64 valence electrons. The smallest absolute Gasteiger partial charge is 0.232 e. The normalized spacial score (nSPS) is 16.4. The summed E-state index contributed by atoms with van der Waals surface area (Å²) in [5.41, 5.74) is 4.83. The van der Waals surface area contributed by atoms with Gasteiger partial charge in [-0.05, 0) is 0 Å². The van der Waals surface area contributed by atoms with Crippen molar-refractivity contribution in [1.82, 2.24) is 4.90 Å². The van der Waals surface area contributed by atoms with Crippen LogP contribution in [0.5, 0.6) is 0 Å². The van der Waals surface area contributed by atoms with Gasteiger partial charge in [0.1, 0.15) is 6.42 Å². The molecule has 12 heavy (non-hydrogen) atoms. The number of primary amides is 1. The van der Waals surface area contributed by atoms with E-state index in [1.165, 1.54) is 4.90 Å². The zero-order chi connectivity index (χ0) is 9.14. The Morgan fingerprint density at radius 2 is 2.17 bits per heavy atom. The van der Waals surface area contributed by atoms with E-state index in [1.54, 1.807) is 0 Å². The van der Waals surface area contributed by atoms with E-state index in [0.717, 1.165) is 0 Å². The Kier molecular flexibility index (Phi) is 2.29. The summed E-state index contributed by atoms with van der Waals surface area (Å²) in [4.78, 5) is 22.8. The molecule has 0 spiro atoms. The minimum atomic E-state index is -0.625. The number of nitrogens with zero attached hydrogens (tertiary/aromatic N) is 2. The minimum absolute atomic E-state index is 0.0678. The predicted octanol–water partition coefficient (Wildman–Crippen LogP) is -1.16. The van der Waals surface area contributed by atoms with Crippen molar-refractivity contribution in [1.29, 1.82) is 5.26 Å². The average Bonchev–Trinajstić information content (AvgIpc) is 1.82. The summed E-state index contributed by atoms with van der Waals surface area (Å²) in [7, 11) is 0. The summed E-state index contributed by atoms with van der Waals surface area (Å²) >= 11 is 0. The quantitative estimate of drug-likeness (QED) is 0.526. The molecule has 0 aromatic carbocycles. The molecule has 1 fully saturated rings. The van der Waals surface area contributed by atoms with Gasteiger partial charge in [0.05, 0.1) is 12.0 Å². The standard InChI is InChI=1S/C7H9N3O2/c8-2-5-3-10(4-5)7(12)1-6(9)11/h5H,1,3-4H2,(H2,9,11). The SMILES string of the molecule is N#CC1CN(C(=O)CC(N)=O)C1. The van der Waals surface area contributed by atoms with Gasteiger partial charge in [0.15, 0.2) is 0 Å². The first kappa shape index (κ1) is 8.53. The first-order valence-electron chi connectivity index (χ1n) is 3.59. The van der Waals surface area contributed by atoms with Crippen molar-refractivity contribution in [2.75, 3.05) is 13.1 Å². The van der Waals surface area contributed by atoms with Gasteiger partial charge in [0.25, 0.3) is 0 Å². The fraction of sp³-hybridized carbons (Fsp3) is 0.571. The lowest BCUT2D eigenvalue weighted by atomic mass is 10.0. The predicted molar refractivity (Wildman–Crippen MR) is 39.5 cm³/mol. The number of nitrogens with two attached hydrogens (primary N) is 1. The zero-order valence-corrected chi connectivity index (χ0v) is 6.49. The number of amides is 2. The van der Waals surface area contributed by atoms with E-state index in [9.17, 15) is 9.59 Å². The van der Waals surface area contributed by atoms with Crippen LogP contribution in [0.15, 0.2) is 0 Å². The monoisotopic (exact) mass is 167 g/mol. The summed E-state index contributed by atoms with van der Waals surface area (Å²) < 4.78 is 0. The molecule has 0 aliphatic carbocycles. The van der Waals surface area contributed by atoms with Gasteiger partial charge < -0.3 is 10.6 Å². The number of likely N-dealkylation sites (tertiary alicyclic amines) is 1. The highest BCUT2D eigenvalue weighted by Gasteiger charge is 2.30. The Morgan fingerprint density at radius 1 is 1.58 bits per heavy atom. The largest absolute Gasteiger partial charge is 0.369 e. The molecular formula is C7H9N3O2. The first-order chi connectivity index (χ1) is 5.63. The van der Waals surface area contributed by atoms with Crippen LogP contribution in [0.1, 0.15) is 6.42 Å². The van der Waals surface area contributed by atoms with Crippen LogP contribution in [0.25, 0.3) is 0 Å². The van der Waals surface area contributed by atoms with E-state index < -0.39 is 5.91 Å². The Bertz CT molecular complexity index is 250. The molecule has 2 N–H and O–H groups in total. The molecule has 0 saturated carbocycles. The van der Waals surface area contributed by atoms with Crippen LogP contribution in [-0.2, 0) is 9.59 Å². The maximum absolute atomic E-state index is 11.0. The Labute approximate surface area is 69.7 Å². The van der Waals surface area contributed by atoms with Gasteiger partial charge in [-0.15, -0.1) is 0 Å². The molecule has 5 heteroatoms. The minimum Gasteiger partial charge on any atom is -0.369 e. The number of hydrogen-bond donors (Lipinski definition) is 1. The number of nitriles is 1. The first-order valence-corrected chi connectivity index (χ1v) is 3.59. The van der Waals surface area contributed by atoms with Crippen LogP contribution in [0.2, 0.25) is 0 Å². The second kappa shape index (κ2) is 3.22. The molecule has 0 radical (unpaired) electrons. The Morgan fingerprint density at radius 3 is 2.58 bits per heavy atom. The van der Waals surface area contributed by atoms with E-state index in [-0.39, 0.29) is 18.2 Å². The Hall–Kier alpha value is -1.57. The fourth-order valence-electron chi connectivity index (χ4n) is 1.02. The third-order valence-electron chi connectivity index (χ3n) is 1.74. The molecule has 0 aromatic heterocycles. The summed E-state index contributed by atoms with van der Waals surface area (Å²) in [6.45, 7) is 0.866. The van der Waals surface area contributed by atoms with Gasteiger partial charge >= 0.3 is 0 Å². The van der Waals surface area contributed by atoms with Gasteiger partial charge in [-0.1, -0.05) is 0 Å². The third kappa shape index (κ3) is 1.72. The summed E-state index contributed by atoms with van der Waals surface area (Å²) in [6, 6.07) is 2.03. The van der Waals surface area contributed by atoms with E-state index >= 15 is 0 Å². The van der Waals surface area contributed by atoms with E-state index in [2.05, 4.69) is 0 Å². The summed E-state index contributed by atoms with van der Waals surface area (Å²) in [5.74, 6) is -0.976. The molecule has 0 aromatic rings. The lowest BCUT2D eigenvalue weighted by Gasteiger charge is -2.34. The molecule has 5 nitrogen and oxygen atoms in total. The highest BCUT2D eigenvalue weighted by Crippen LogP contribution is 2.14. The van der Waals surface area contributed by atoms with Crippen LogP contribution < -0.4 is 5.73 Å². The van der Waals surface area contributed by atoms with Crippen LogP contribution in [-0.4, -0.2) is 29.8 Å². The van der Waals surface area contributed by atoms with Crippen LogP contribution in [0.4, 0.5) is 0 Å². The van der Waals surface area contributed by atoms with Crippen LogP contribution >= 0.6 is 0 Å². The average molecular weight is 167 g/mol. The van der Waals surface area contributed by atoms with Gasteiger partial charge in [0.2, 0.25) is 11.8 Å². The second-order valence-corrected chi connectivity index (χ2v) is 2.77. The lowest BCUT2D eigenvalue weighted by Crippen LogP contribution is -2.50. The maximum atomic E-state index is 11.0. The third-order valence-corrected chi connectivity index (χ3v) is 1.74. The highest BCUT2D eigenvalue weighted by molar-refractivity contribution is 5.96. The number of carbonyl (C=O) groups excluding carboxylic acids is 2. The molecule has 0 atom stereocenters. The van der Waals surface area contributed by atoms with Gasteiger partial charge in [-0.25, -0.2) is 0 Å². The van der Waals surface area contributed by atoms with Crippen molar-refractivity contribution in [2.24, 2.45) is 11.7 Å². The maximum Gasteiger partial charge on any atom is 0.232 e. The number of rotatable bonds is 2. The molecule has 1 saturated heterocycles. The van der Waals surface area contributed by atoms with E-state index in [1.807, 2.05) is 6.07 Å². The molecule has 0 bridgehead atoms. The second-order valence-electron chi connectivity index (χ2n) is 2.77. The molecule has 0 unspecified atom stereocenters. The van der Waals surface area contributed by atoms with Crippen molar-refractivity contribution in [3.05, 3.63) is 0 Å². The summed E-state index contributed by atoms with van der Waals surface area (Å²) in [6.07, 6.45) is -0.252. The Balaban J connectivity index is 2.29. The van der Waals surface area contributed by atoms with Crippen molar-refractivity contribution in [3.63, 3.8) is 0 Å². The van der Waals surface area contributed by atoms with E-state index in [4.69, 9.17) is 11.0 Å². The molecular weight excluding hydrogens is 158 g/mol. The molecule has 1 rings (SSSR count). The zero-order valence-electron chi connectivity index (χ0n) is 6.49. The molecule has 1 heterocycles. The lowest BCUT2D eigenvalue weighted by molar-refractivity contribution is -0.139. The van der Waals surface area contributed by atoms with Crippen LogP contribution in [0.3, 0.4) is 0 Å². The van der Waals surface area contributed by atoms with E-state index in [0.29, 0.717) is 13.1 Å². The molecule has 1 aliphatic heterocycles. The van der Waals surface area contributed by atoms with Gasteiger partial charge in [0, 0.05) is 13.1 Å². The molecule has 1 aliphatic rings. The number of carbonyl (C=O) groups is 2. The molecule has 2 amide bonds. The van der Waals surface area contributed by atoms with Crippen molar-refractivity contribution in [3.8, 4) is 6.07 Å². The number of hydrogen-bond acceptors (Lipinski definition) is 3. The van der Waals surface area contributed by atoms with Gasteiger partial charge in [-0.2, -0.15) is 5.26 Å².